The van der Waals surface area contributed by atoms with Gasteiger partial charge in [-0.2, -0.15) is 13.2 Å². The number of ether oxygens (including phenoxy) is 1. The summed E-state index contributed by atoms with van der Waals surface area (Å²) in [4.78, 5) is 41.2. The summed E-state index contributed by atoms with van der Waals surface area (Å²) in [6, 6.07) is 1.14. The SMILES string of the molecule is COC(=O)CNC(=O)c1nc(C(F)(F)F)n2c1CN(C(=O)C[C@H](N)Cc1cc(F)c(C)cc1F)CC2. The van der Waals surface area contributed by atoms with Crippen molar-refractivity contribution in [2.45, 2.75) is 45.1 Å². The van der Waals surface area contributed by atoms with Crippen LogP contribution in [0, 0.1) is 18.6 Å². The molecule has 0 spiro atoms. The number of imidazole rings is 1. The molecule has 2 aromatic rings. The molecule has 2 amide bonds. The predicted molar refractivity (Wildman–Crippen MR) is 114 cm³/mol. The van der Waals surface area contributed by atoms with Gasteiger partial charge in [-0.25, -0.2) is 13.8 Å². The molecule has 0 aliphatic carbocycles. The van der Waals surface area contributed by atoms with Gasteiger partial charge in [0.05, 0.1) is 19.3 Å². The van der Waals surface area contributed by atoms with Gasteiger partial charge in [-0.3, -0.25) is 14.4 Å². The lowest BCUT2D eigenvalue weighted by Crippen LogP contribution is -2.42. The van der Waals surface area contributed by atoms with Crippen LogP contribution in [0.25, 0.3) is 0 Å². The Balaban J connectivity index is 1.76. The fraction of sp³-hybridized carbons (Fsp3) is 0.455. The number of benzene rings is 1. The first-order valence-corrected chi connectivity index (χ1v) is 10.8. The molecule has 196 valence electrons. The van der Waals surface area contributed by atoms with E-state index in [2.05, 4.69) is 15.0 Å². The minimum absolute atomic E-state index is 0.00509. The van der Waals surface area contributed by atoms with E-state index in [1.807, 2.05) is 0 Å². The zero-order chi connectivity index (χ0) is 26.8. The van der Waals surface area contributed by atoms with Crippen LogP contribution in [0.2, 0.25) is 0 Å². The molecular weight excluding hydrogens is 493 g/mol. The van der Waals surface area contributed by atoms with E-state index < -0.39 is 59.7 Å². The Morgan fingerprint density at radius 2 is 1.89 bits per heavy atom. The lowest BCUT2D eigenvalue weighted by Gasteiger charge is -2.30. The maximum absolute atomic E-state index is 14.1. The van der Waals surface area contributed by atoms with E-state index in [1.54, 1.807) is 0 Å². The van der Waals surface area contributed by atoms with Gasteiger partial charge < -0.3 is 25.3 Å². The Kier molecular flexibility index (Phi) is 7.96. The number of nitrogens with two attached hydrogens (primary N) is 1. The quantitative estimate of drug-likeness (QED) is 0.426. The standard InChI is InChI=1S/C22H24F5N5O4/c1-11-5-15(24)12(7-14(11)23)6-13(28)8-17(33)31-3-4-32-16(10-31)19(30-21(32)22(25,26)27)20(35)29-9-18(34)36-2/h5,7,13H,3-4,6,8-10,28H2,1-2H3,(H,29,35)/t13-/m1/s1. The van der Waals surface area contributed by atoms with Gasteiger partial charge in [0.15, 0.2) is 5.69 Å². The summed E-state index contributed by atoms with van der Waals surface area (Å²) in [5, 5.41) is 2.14. The van der Waals surface area contributed by atoms with Crippen LogP contribution >= 0.6 is 0 Å². The largest absolute Gasteiger partial charge is 0.468 e. The summed E-state index contributed by atoms with van der Waals surface area (Å²) in [5.74, 6) is -4.99. The van der Waals surface area contributed by atoms with Crippen molar-refractivity contribution in [3.63, 3.8) is 0 Å². The predicted octanol–water partition coefficient (Wildman–Crippen LogP) is 1.69. The average molecular weight is 517 g/mol. The minimum Gasteiger partial charge on any atom is -0.468 e. The summed E-state index contributed by atoms with van der Waals surface area (Å²) in [5.41, 5.74) is 5.35. The molecule has 0 saturated heterocycles. The molecule has 14 heteroatoms. The Morgan fingerprint density at radius 1 is 1.19 bits per heavy atom. The topological polar surface area (TPSA) is 120 Å². The number of esters is 1. The molecule has 3 N–H and O–H groups in total. The van der Waals surface area contributed by atoms with E-state index >= 15 is 0 Å². The lowest BCUT2D eigenvalue weighted by atomic mass is 10.0. The number of methoxy groups -OCH3 is 1. The van der Waals surface area contributed by atoms with Crippen LogP contribution in [0.3, 0.4) is 0 Å². The van der Waals surface area contributed by atoms with Gasteiger partial charge in [-0.05, 0) is 36.6 Å². The highest BCUT2D eigenvalue weighted by Crippen LogP contribution is 2.32. The molecule has 1 aliphatic heterocycles. The highest BCUT2D eigenvalue weighted by atomic mass is 19.4. The number of amides is 2. The maximum atomic E-state index is 14.1. The van der Waals surface area contributed by atoms with E-state index in [9.17, 15) is 36.3 Å². The molecule has 1 aliphatic rings. The fourth-order valence-corrected chi connectivity index (χ4v) is 3.84. The van der Waals surface area contributed by atoms with Crippen molar-refractivity contribution < 1.29 is 41.1 Å². The van der Waals surface area contributed by atoms with Crippen LogP contribution in [0.1, 0.15) is 39.6 Å². The van der Waals surface area contributed by atoms with Crippen molar-refractivity contribution in [2.75, 3.05) is 20.2 Å². The smallest absolute Gasteiger partial charge is 0.449 e. The number of rotatable bonds is 7. The summed E-state index contributed by atoms with van der Waals surface area (Å²) >= 11 is 0. The maximum Gasteiger partial charge on any atom is 0.449 e. The first kappa shape index (κ1) is 27.0. The Labute approximate surface area is 202 Å². The van der Waals surface area contributed by atoms with Crippen molar-refractivity contribution in [3.05, 3.63) is 52.1 Å². The normalized spacial score (nSPS) is 14.3. The fourth-order valence-electron chi connectivity index (χ4n) is 3.84. The lowest BCUT2D eigenvalue weighted by molar-refractivity contribution is -0.148. The van der Waals surface area contributed by atoms with Crippen molar-refractivity contribution >= 4 is 17.8 Å². The van der Waals surface area contributed by atoms with Gasteiger partial charge in [-0.15, -0.1) is 0 Å². The highest BCUT2D eigenvalue weighted by Gasteiger charge is 2.41. The van der Waals surface area contributed by atoms with Crippen LogP contribution < -0.4 is 11.1 Å². The molecule has 0 fully saturated rings. The summed E-state index contributed by atoms with van der Waals surface area (Å²) in [7, 11) is 1.08. The van der Waals surface area contributed by atoms with Crippen LogP contribution in [0.5, 0.6) is 0 Å². The number of alkyl halides is 3. The number of nitrogens with zero attached hydrogens (tertiary/aromatic N) is 3. The minimum atomic E-state index is -4.86. The molecular formula is C22H24F5N5O4. The molecule has 1 aromatic heterocycles. The molecule has 0 radical (unpaired) electrons. The van der Waals surface area contributed by atoms with Gasteiger partial charge in [0.2, 0.25) is 11.7 Å². The second-order valence-electron chi connectivity index (χ2n) is 8.32. The third-order valence-electron chi connectivity index (χ3n) is 5.70. The van der Waals surface area contributed by atoms with E-state index in [0.29, 0.717) is 0 Å². The van der Waals surface area contributed by atoms with E-state index in [-0.39, 0.29) is 49.3 Å². The van der Waals surface area contributed by atoms with E-state index in [0.717, 1.165) is 23.8 Å². The molecule has 0 bridgehead atoms. The molecule has 3 rings (SSSR count). The number of nitrogens with one attached hydrogen (secondary N) is 1. The average Bonchev–Trinajstić information content (AvgIpc) is 3.20. The van der Waals surface area contributed by atoms with E-state index in [4.69, 9.17) is 5.73 Å². The summed E-state index contributed by atoms with van der Waals surface area (Å²) < 4.78 is 73.6. The Morgan fingerprint density at radius 3 is 2.53 bits per heavy atom. The number of hydrogen-bond donors (Lipinski definition) is 2. The van der Waals surface area contributed by atoms with Gasteiger partial charge >= 0.3 is 12.1 Å². The molecule has 0 unspecified atom stereocenters. The molecule has 2 heterocycles. The number of carbonyl (C=O) groups excluding carboxylic acids is 3. The van der Waals surface area contributed by atoms with Crippen LogP contribution in [0.15, 0.2) is 12.1 Å². The second kappa shape index (κ2) is 10.6. The van der Waals surface area contributed by atoms with Gasteiger partial charge in [0.25, 0.3) is 5.91 Å². The molecule has 0 saturated carbocycles. The number of aryl methyl sites for hydroxylation is 1. The zero-order valence-corrected chi connectivity index (χ0v) is 19.4. The zero-order valence-electron chi connectivity index (χ0n) is 19.4. The molecule has 36 heavy (non-hydrogen) atoms. The summed E-state index contributed by atoms with van der Waals surface area (Å²) in [6.45, 7) is 0.0373. The second-order valence-corrected chi connectivity index (χ2v) is 8.32. The number of halogens is 5. The van der Waals surface area contributed by atoms with Crippen LogP contribution in [0.4, 0.5) is 22.0 Å². The third kappa shape index (κ3) is 5.98. The summed E-state index contributed by atoms with van der Waals surface area (Å²) in [6.07, 6.45) is -5.30. The van der Waals surface area contributed by atoms with Crippen LogP contribution in [-0.2, 0) is 40.0 Å². The first-order chi connectivity index (χ1) is 16.8. The first-order valence-electron chi connectivity index (χ1n) is 10.8. The molecule has 1 atom stereocenters. The van der Waals surface area contributed by atoms with Crippen molar-refractivity contribution in [3.8, 4) is 0 Å². The number of aromatic nitrogens is 2. The molecule has 9 nitrogen and oxygen atoms in total. The van der Waals surface area contributed by atoms with Gasteiger partial charge in [0, 0.05) is 25.6 Å². The molecule has 1 aromatic carbocycles. The number of carbonyl (C=O) groups is 3. The van der Waals surface area contributed by atoms with E-state index in [1.165, 1.54) is 11.8 Å². The van der Waals surface area contributed by atoms with Crippen molar-refractivity contribution in [2.24, 2.45) is 5.73 Å². The number of hydrogen-bond acceptors (Lipinski definition) is 6. The third-order valence-corrected chi connectivity index (χ3v) is 5.70. The Bertz CT molecular complexity index is 1180. The van der Waals surface area contributed by atoms with Gasteiger partial charge in [-0.1, -0.05) is 0 Å². The number of fused-ring (bicyclic) bond motifs is 1. The van der Waals surface area contributed by atoms with Crippen molar-refractivity contribution in [1.29, 1.82) is 0 Å². The van der Waals surface area contributed by atoms with Crippen molar-refractivity contribution in [1.82, 2.24) is 19.8 Å². The highest BCUT2D eigenvalue weighted by molar-refractivity contribution is 5.95. The monoisotopic (exact) mass is 517 g/mol. The Hall–Kier alpha value is -3.55. The van der Waals surface area contributed by atoms with Crippen LogP contribution in [-0.4, -0.2) is 58.5 Å². The van der Waals surface area contributed by atoms with Gasteiger partial charge in [0.1, 0.15) is 18.2 Å².